The van der Waals surface area contributed by atoms with Gasteiger partial charge < -0.3 is 15.5 Å². The van der Waals surface area contributed by atoms with Gasteiger partial charge in [0, 0.05) is 29.4 Å². The number of amides is 3. The van der Waals surface area contributed by atoms with Crippen LogP contribution < -0.4 is 10.6 Å². The van der Waals surface area contributed by atoms with Gasteiger partial charge in [-0.1, -0.05) is 31.4 Å². The molecular formula is C24H28N4O5. The lowest BCUT2D eigenvalue weighted by atomic mass is 9.93. The van der Waals surface area contributed by atoms with Gasteiger partial charge in [0.1, 0.15) is 6.54 Å². The molecule has 33 heavy (non-hydrogen) atoms. The van der Waals surface area contributed by atoms with Crippen LogP contribution in [-0.4, -0.2) is 46.7 Å². The number of nitro benzene ring substituents is 1. The normalized spacial score (nSPS) is 13.7. The highest BCUT2D eigenvalue weighted by atomic mass is 16.6. The van der Waals surface area contributed by atoms with Gasteiger partial charge in [0.25, 0.3) is 11.6 Å². The second-order valence-electron chi connectivity index (χ2n) is 8.22. The Morgan fingerprint density at radius 2 is 1.73 bits per heavy atom. The number of hydrogen-bond acceptors (Lipinski definition) is 5. The Balaban J connectivity index is 1.63. The highest BCUT2D eigenvalue weighted by molar-refractivity contribution is 5.98. The molecule has 1 aliphatic carbocycles. The van der Waals surface area contributed by atoms with Crippen molar-refractivity contribution < 1.29 is 19.3 Å². The molecule has 9 heteroatoms. The van der Waals surface area contributed by atoms with Gasteiger partial charge in [-0.2, -0.15) is 0 Å². The van der Waals surface area contributed by atoms with Crippen molar-refractivity contribution in [3.8, 4) is 0 Å². The first kappa shape index (κ1) is 23.9. The molecule has 3 rings (SSSR count). The summed E-state index contributed by atoms with van der Waals surface area (Å²) in [7, 11) is 0. The molecule has 0 saturated heterocycles. The Hall–Kier alpha value is -3.75. The molecule has 0 aromatic heterocycles. The summed E-state index contributed by atoms with van der Waals surface area (Å²) in [6, 6.07) is 12.6. The second kappa shape index (κ2) is 11.2. The van der Waals surface area contributed by atoms with E-state index in [2.05, 4.69) is 10.6 Å². The number of nitrogens with one attached hydrogen (secondary N) is 2. The lowest BCUT2D eigenvalue weighted by Gasteiger charge is -2.34. The average Bonchev–Trinajstić information content (AvgIpc) is 2.81. The minimum absolute atomic E-state index is 0.0895. The first-order chi connectivity index (χ1) is 15.8. The first-order valence-electron chi connectivity index (χ1n) is 11.0. The van der Waals surface area contributed by atoms with Crippen LogP contribution in [0, 0.1) is 17.0 Å². The number of carbonyl (C=O) groups excluding carboxylic acids is 3. The maximum atomic E-state index is 13.2. The van der Waals surface area contributed by atoms with Crippen molar-refractivity contribution in [3.63, 3.8) is 0 Å². The summed E-state index contributed by atoms with van der Waals surface area (Å²) in [5.41, 5.74) is 1.83. The molecule has 2 N–H and O–H groups in total. The van der Waals surface area contributed by atoms with E-state index in [1.54, 1.807) is 6.07 Å². The third-order valence-corrected chi connectivity index (χ3v) is 5.66. The number of benzene rings is 2. The Kier molecular flexibility index (Phi) is 8.12. The van der Waals surface area contributed by atoms with Crippen LogP contribution in [-0.2, 0) is 9.59 Å². The van der Waals surface area contributed by atoms with E-state index in [1.165, 1.54) is 29.2 Å². The zero-order chi connectivity index (χ0) is 23.8. The summed E-state index contributed by atoms with van der Waals surface area (Å²) >= 11 is 0. The zero-order valence-corrected chi connectivity index (χ0v) is 18.6. The van der Waals surface area contributed by atoms with E-state index >= 15 is 0 Å². The molecule has 9 nitrogen and oxygen atoms in total. The number of hydrogen-bond donors (Lipinski definition) is 2. The van der Waals surface area contributed by atoms with Gasteiger partial charge in [-0.25, -0.2) is 0 Å². The quantitative estimate of drug-likeness (QED) is 0.469. The summed E-state index contributed by atoms with van der Waals surface area (Å²) in [5.74, 6) is -1.15. The molecule has 0 radical (unpaired) electrons. The number of nitro groups is 1. The molecule has 0 heterocycles. The highest BCUT2D eigenvalue weighted by Gasteiger charge is 2.28. The van der Waals surface area contributed by atoms with E-state index in [0.29, 0.717) is 5.69 Å². The monoisotopic (exact) mass is 452 g/mol. The van der Waals surface area contributed by atoms with Gasteiger partial charge in [-0.15, -0.1) is 0 Å². The molecule has 0 aliphatic heterocycles. The lowest BCUT2D eigenvalue weighted by Crippen LogP contribution is -2.48. The number of carbonyl (C=O) groups is 3. The van der Waals surface area contributed by atoms with Crippen molar-refractivity contribution in [2.45, 2.75) is 45.1 Å². The minimum Gasteiger partial charge on any atom is -0.345 e. The average molecular weight is 453 g/mol. The van der Waals surface area contributed by atoms with E-state index < -0.39 is 10.8 Å². The van der Waals surface area contributed by atoms with Gasteiger partial charge in [-0.05, 0) is 49.6 Å². The highest BCUT2D eigenvalue weighted by Crippen LogP contribution is 2.24. The first-order valence-corrected chi connectivity index (χ1v) is 11.0. The molecule has 174 valence electrons. The van der Waals surface area contributed by atoms with Crippen LogP contribution in [0.2, 0.25) is 0 Å². The summed E-state index contributed by atoms with van der Waals surface area (Å²) in [6.45, 7) is 1.52. The maximum absolute atomic E-state index is 13.2. The molecule has 1 fully saturated rings. The fraction of sp³-hybridized carbons (Fsp3) is 0.375. The fourth-order valence-electron chi connectivity index (χ4n) is 3.97. The van der Waals surface area contributed by atoms with Crippen molar-refractivity contribution >= 4 is 29.1 Å². The zero-order valence-electron chi connectivity index (χ0n) is 18.6. The third-order valence-electron chi connectivity index (χ3n) is 5.66. The van der Waals surface area contributed by atoms with Crippen LogP contribution in [0.3, 0.4) is 0 Å². The van der Waals surface area contributed by atoms with Crippen molar-refractivity contribution in [2.75, 3.05) is 18.4 Å². The molecule has 3 amide bonds. The summed E-state index contributed by atoms with van der Waals surface area (Å²) in [6.07, 6.45) is 4.60. The summed E-state index contributed by atoms with van der Waals surface area (Å²) in [4.78, 5) is 49.9. The number of nitrogens with zero attached hydrogens (tertiary/aromatic N) is 2. The Morgan fingerprint density at radius 3 is 2.36 bits per heavy atom. The maximum Gasteiger partial charge on any atom is 0.269 e. The largest absolute Gasteiger partial charge is 0.345 e. The SMILES string of the molecule is Cc1cccc(NC(=O)CNC(=O)CN(C(=O)c2ccc([N+](=O)[O-])cc2)C2CCCCC2)c1. The van der Waals surface area contributed by atoms with Crippen LogP contribution in [0.5, 0.6) is 0 Å². The van der Waals surface area contributed by atoms with E-state index in [0.717, 1.165) is 37.7 Å². The van der Waals surface area contributed by atoms with Crippen LogP contribution in [0.1, 0.15) is 48.0 Å². The predicted molar refractivity (Wildman–Crippen MR) is 124 cm³/mol. The number of non-ortho nitro benzene ring substituents is 1. The number of anilines is 1. The lowest BCUT2D eigenvalue weighted by molar-refractivity contribution is -0.384. The van der Waals surface area contributed by atoms with Crippen molar-refractivity contribution in [2.24, 2.45) is 0 Å². The molecule has 0 unspecified atom stereocenters. The molecule has 2 aromatic rings. The van der Waals surface area contributed by atoms with Crippen LogP contribution in [0.15, 0.2) is 48.5 Å². The molecule has 2 aromatic carbocycles. The van der Waals surface area contributed by atoms with Gasteiger partial charge in [0.05, 0.1) is 11.5 Å². The summed E-state index contributed by atoms with van der Waals surface area (Å²) < 4.78 is 0. The Morgan fingerprint density at radius 1 is 1.03 bits per heavy atom. The summed E-state index contributed by atoms with van der Waals surface area (Å²) in [5, 5.41) is 16.2. The Labute approximate surface area is 192 Å². The fourth-order valence-corrected chi connectivity index (χ4v) is 3.97. The van der Waals surface area contributed by atoms with Crippen LogP contribution >= 0.6 is 0 Å². The molecule has 0 bridgehead atoms. The predicted octanol–water partition coefficient (Wildman–Crippen LogP) is 3.43. The van der Waals surface area contributed by atoms with Crippen LogP contribution in [0.25, 0.3) is 0 Å². The van der Waals surface area contributed by atoms with Gasteiger partial charge in [0.15, 0.2) is 0 Å². The topological polar surface area (TPSA) is 122 Å². The third kappa shape index (κ3) is 6.86. The Bertz CT molecular complexity index is 1020. The van der Waals surface area contributed by atoms with Gasteiger partial charge >= 0.3 is 0 Å². The second-order valence-corrected chi connectivity index (χ2v) is 8.22. The smallest absolute Gasteiger partial charge is 0.269 e. The van der Waals surface area contributed by atoms with E-state index in [4.69, 9.17) is 0 Å². The van der Waals surface area contributed by atoms with Crippen molar-refractivity contribution in [3.05, 3.63) is 69.8 Å². The van der Waals surface area contributed by atoms with Gasteiger partial charge in [0.2, 0.25) is 11.8 Å². The number of rotatable bonds is 8. The van der Waals surface area contributed by atoms with E-state index in [1.807, 2.05) is 25.1 Å². The minimum atomic E-state index is -0.525. The van der Waals surface area contributed by atoms with E-state index in [9.17, 15) is 24.5 Å². The molecule has 0 spiro atoms. The molecule has 0 atom stereocenters. The molecule has 1 saturated carbocycles. The molecular weight excluding hydrogens is 424 g/mol. The van der Waals surface area contributed by atoms with Crippen molar-refractivity contribution in [1.82, 2.24) is 10.2 Å². The molecule has 1 aliphatic rings. The van der Waals surface area contributed by atoms with Crippen LogP contribution in [0.4, 0.5) is 11.4 Å². The van der Waals surface area contributed by atoms with Gasteiger partial charge in [-0.3, -0.25) is 24.5 Å². The van der Waals surface area contributed by atoms with Crippen molar-refractivity contribution in [1.29, 1.82) is 0 Å². The van der Waals surface area contributed by atoms with E-state index in [-0.39, 0.29) is 42.2 Å². The standard InChI is InChI=1S/C24H28N4O5/c1-17-6-5-7-19(14-17)26-22(29)15-25-23(30)16-27(20-8-3-2-4-9-20)24(31)18-10-12-21(13-11-18)28(32)33/h5-7,10-14,20H,2-4,8-9,15-16H2,1H3,(H,25,30)(H,26,29). The number of aryl methyl sites for hydroxylation is 1.